The second kappa shape index (κ2) is 12.7. The fourth-order valence-corrected chi connectivity index (χ4v) is 7.09. The molecule has 0 atom stereocenters. The lowest BCUT2D eigenvalue weighted by Crippen LogP contribution is -1.98. The van der Waals surface area contributed by atoms with Crippen LogP contribution in [0.15, 0.2) is 188 Å². The summed E-state index contributed by atoms with van der Waals surface area (Å²) < 4.78 is 0. The van der Waals surface area contributed by atoms with Crippen molar-refractivity contribution >= 4 is 21.5 Å². The second-order valence-corrected chi connectivity index (χ2v) is 12.4. The van der Waals surface area contributed by atoms with Gasteiger partial charge >= 0.3 is 0 Å². The molecule has 0 spiro atoms. The Morgan fingerprint density at radius 1 is 0.300 bits per heavy atom. The van der Waals surface area contributed by atoms with E-state index in [0.717, 1.165) is 44.9 Å². The molecule has 0 fully saturated rings. The molecule has 0 bridgehead atoms. The van der Waals surface area contributed by atoms with Gasteiger partial charge in [-0.1, -0.05) is 158 Å². The molecule has 2 heterocycles. The highest BCUT2D eigenvalue weighted by Gasteiger charge is 2.18. The zero-order chi connectivity index (χ0) is 33.3. The van der Waals surface area contributed by atoms with Crippen LogP contribution >= 0.6 is 0 Å². The minimum atomic E-state index is 0.675. The van der Waals surface area contributed by atoms with Crippen molar-refractivity contribution in [3.05, 3.63) is 188 Å². The number of pyridine rings is 1. The Hall–Kier alpha value is -6.71. The van der Waals surface area contributed by atoms with Crippen molar-refractivity contribution in [2.75, 3.05) is 0 Å². The summed E-state index contributed by atoms with van der Waals surface area (Å²) in [6.45, 7) is 0. The molecule has 0 unspecified atom stereocenters. The Labute approximate surface area is 291 Å². The van der Waals surface area contributed by atoms with Crippen LogP contribution in [0.25, 0.3) is 89.0 Å². The SMILES string of the molecule is c1ccc(-c2cc(-c3ccccc3-c3ccccn3)nc(-c3cccc(-c4c5ccccc5c(-c5ccccc5)c5ccccc45)c3)n2)cc1. The molecule has 2 aromatic heterocycles. The standard InChI is InChI=1S/C47H31N3/c1-3-16-32(17-4-1)43-31-44(37-23-8-7-22-36(37)42-28-13-14-29-48-42)50-47(49-43)35-21-15-20-34(30-35)46-40-26-11-9-24-38(40)45(33-18-5-2-6-19-33)39-25-10-12-27-41(39)46/h1-31H. The van der Waals surface area contributed by atoms with Crippen LogP contribution in [0, 0.1) is 0 Å². The van der Waals surface area contributed by atoms with Crippen molar-refractivity contribution in [3.63, 3.8) is 0 Å². The summed E-state index contributed by atoms with van der Waals surface area (Å²) in [5.74, 6) is 0.675. The van der Waals surface area contributed by atoms with E-state index in [9.17, 15) is 0 Å². The molecule has 0 amide bonds. The molecule has 3 heteroatoms. The van der Waals surface area contributed by atoms with Crippen molar-refractivity contribution in [2.45, 2.75) is 0 Å². The van der Waals surface area contributed by atoms with Crippen molar-refractivity contribution in [1.82, 2.24) is 15.0 Å². The fourth-order valence-electron chi connectivity index (χ4n) is 7.09. The molecule has 9 aromatic rings. The van der Waals surface area contributed by atoms with Crippen LogP contribution in [-0.4, -0.2) is 15.0 Å². The molecule has 234 valence electrons. The third-order valence-electron chi connectivity index (χ3n) is 9.34. The molecule has 9 rings (SSSR count). The van der Waals surface area contributed by atoms with Crippen molar-refractivity contribution in [3.8, 4) is 67.4 Å². The zero-order valence-electron chi connectivity index (χ0n) is 27.2. The first-order valence-electron chi connectivity index (χ1n) is 16.9. The summed E-state index contributed by atoms with van der Waals surface area (Å²) in [6.07, 6.45) is 1.83. The monoisotopic (exact) mass is 637 g/mol. The van der Waals surface area contributed by atoms with Crippen LogP contribution in [-0.2, 0) is 0 Å². The highest BCUT2D eigenvalue weighted by Crippen LogP contribution is 2.44. The number of rotatable bonds is 6. The second-order valence-electron chi connectivity index (χ2n) is 12.4. The van der Waals surface area contributed by atoms with E-state index < -0.39 is 0 Å². The van der Waals surface area contributed by atoms with Gasteiger partial charge in [0.15, 0.2) is 5.82 Å². The van der Waals surface area contributed by atoms with E-state index in [4.69, 9.17) is 9.97 Å². The van der Waals surface area contributed by atoms with E-state index in [-0.39, 0.29) is 0 Å². The Morgan fingerprint density at radius 2 is 0.780 bits per heavy atom. The number of aromatic nitrogens is 3. The summed E-state index contributed by atoms with van der Waals surface area (Å²) >= 11 is 0. The molecule has 0 N–H and O–H groups in total. The average Bonchev–Trinajstić information content (AvgIpc) is 3.20. The quantitative estimate of drug-likeness (QED) is 0.170. The summed E-state index contributed by atoms with van der Waals surface area (Å²) in [5.41, 5.74) is 11.5. The Kier molecular flexibility index (Phi) is 7.49. The molecule has 0 radical (unpaired) electrons. The molecule has 0 aliphatic heterocycles. The maximum absolute atomic E-state index is 5.26. The summed E-state index contributed by atoms with van der Waals surface area (Å²) in [4.78, 5) is 15.1. The zero-order valence-corrected chi connectivity index (χ0v) is 27.2. The maximum atomic E-state index is 5.26. The number of fused-ring (bicyclic) bond motifs is 2. The Morgan fingerprint density at radius 3 is 1.40 bits per heavy atom. The first kappa shape index (κ1) is 29.4. The van der Waals surface area contributed by atoms with Gasteiger partial charge in [-0.05, 0) is 68.1 Å². The lowest BCUT2D eigenvalue weighted by molar-refractivity contribution is 1.18. The maximum Gasteiger partial charge on any atom is 0.160 e. The van der Waals surface area contributed by atoms with Crippen LogP contribution < -0.4 is 0 Å². The third-order valence-corrected chi connectivity index (χ3v) is 9.34. The van der Waals surface area contributed by atoms with Gasteiger partial charge in [0.2, 0.25) is 0 Å². The van der Waals surface area contributed by atoms with Crippen LogP contribution in [0.4, 0.5) is 0 Å². The molecule has 7 aromatic carbocycles. The molecule has 0 saturated carbocycles. The topological polar surface area (TPSA) is 38.7 Å². The van der Waals surface area contributed by atoms with Crippen LogP contribution in [0.3, 0.4) is 0 Å². The average molecular weight is 638 g/mol. The molecular formula is C47H31N3. The summed E-state index contributed by atoms with van der Waals surface area (Å²) in [6, 6.07) is 63.7. The summed E-state index contributed by atoms with van der Waals surface area (Å²) in [7, 11) is 0. The molecule has 0 aliphatic rings. The minimum Gasteiger partial charge on any atom is -0.256 e. The van der Waals surface area contributed by atoms with Gasteiger partial charge in [0.1, 0.15) is 0 Å². The van der Waals surface area contributed by atoms with Gasteiger partial charge in [0.05, 0.1) is 17.1 Å². The number of nitrogens with zero attached hydrogens (tertiary/aromatic N) is 3. The van der Waals surface area contributed by atoms with E-state index in [1.807, 2.05) is 30.5 Å². The third kappa shape index (κ3) is 5.32. The lowest BCUT2D eigenvalue weighted by Gasteiger charge is -2.18. The number of benzene rings is 7. The highest BCUT2D eigenvalue weighted by atomic mass is 14.9. The fraction of sp³-hybridized carbons (Fsp3) is 0. The minimum absolute atomic E-state index is 0.675. The Balaban J connectivity index is 1.26. The lowest BCUT2D eigenvalue weighted by atomic mass is 9.85. The van der Waals surface area contributed by atoms with E-state index in [1.54, 1.807) is 0 Å². The number of hydrogen-bond acceptors (Lipinski definition) is 3. The van der Waals surface area contributed by atoms with Gasteiger partial charge in [0.25, 0.3) is 0 Å². The van der Waals surface area contributed by atoms with Crippen LogP contribution in [0.1, 0.15) is 0 Å². The van der Waals surface area contributed by atoms with Crippen molar-refractivity contribution in [2.24, 2.45) is 0 Å². The van der Waals surface area contributed by atoms with Gasteiger partial charge in [0, 0.05) is 28.5 Å². The van der Waals surface area contributed by atoms with Crippen molar-refractivity contribution < 1.29 is 0 Å². The molecule has 3 nitrogen and oxygen atoms in total. The first-order chi connectivity index (χ1) is 24.8. The predicted molar refractivity (Wildman–Crippen MR) is 207 cm³/mol. The molecule has 0 saturated heterocycles. The normalized spacial score (nSPS) is 11.2. The van der Waals surface area contributed by atoms with E-state index in [0.29, 0.717) is 5.82 Å². The largest absolute Gasteiger partial charge is 0.256 e. The molecule has 50 heavy (non-hydrogen) atoms. The van der Waals surface area contributed by atoms with Gasteiger partial charge in [-0.3, -0.25) is 4.98 Å². The Bertz CT molecular complexity index is 2580. The smallest absolute Gasteiger partial charge is 0.160 e. The number of hydrogen-bond donors (Lipinski definition) is 0. The summed E-state index contributed by atoms with van der Waals surface area (Å²) in [5, 5.41) is 4.89. The van der Waals surface area contributed by atoms with Gasteiger partial charge in [-0.15, -0.1) is 0 Å². The molecule has 0 aliphatic carbocycles. The van der Waals surface area contributed by atoms with Gasteiger partial charge in [-0.25, -0.2) is 9.97 Å². The van der Waals surface area contributed by atoms with Crippen molar-refractivity contribution in [1.29, 1.82) is 0 Å². The van der Waals surface area contributed by atoms with E-state index >= 15 is 0 Å². The van der Waals surface area contributed by atoms with E-state index in [2.05, 4.69) is 163 Å². The highest BCUT2D eigenvalue weighted by molar-refractivity contribution is 6.21. The van der Waals surface area contributed by atoms with Crippen LogP contribution in [0.2, 0.25) is 0 Å². The first-order valence-corrected chi connectivity index (χ1v) is 16.9. The van der Waals surface area contributed by atoms with Crippen LogP contribution in [0.5, 0.6) is 0 Å². The predicted octanol–water partition coefficient (Wildman–Crippen LogP) is 12.2. The van der Waals surface area contributed by atoms with Gasteiger partial charge < -0.3 is 0 Å². The van der Waals surface area contributed by atoms with E-state index in [1.165, 1.54) is 38.2 Å². The van der Waals surface area contributed by atoms with Gasteiger partial charge in [-0.2, -0.15) is 0 Å². The molecular weight excluding hydrogens is 607 g/mol.